The van der Waals surface area contributed by atoms with E-state index in [1.54, 1.807) is 18.4 Å². The average molecular weight is 374 g/mol. The number of benzene rings is 2. The van der Waals surface area contributed by atoms with Crippen LogP contribution in [0.1, 0.15) is 15.9 Å². The number of aryl methyl sites for hydroxylation is 1. The maximum atomic E-state index is 12.3. The predicted octanol–water partition coefficient (Wildman–Crippen LogP) is 4.93. The molecule has 25 heavy (non-hydrogen) atoms. The SMILES string of the molecule is Cc1cc(C(=O)Nc2nc(-c3ccccc3Cl)cs2)ccc1[N+](=O)[O-]. The Balaban J connectivity index is 1.79. The summed E-state index contributed by atoms with van der Waals surface area (Å²) in [5, 5.41) is 16.4. The fraction of sp³-hybridized carbons (Fsp3) is 0.0588. The summed E-state index contributed by atoms with van der Waals surface area (Å²) in [5.41, 5.74) is 2.19. The number of aromatic nitrogens is 1. The van der Waals surface area contributed by atoms with E-state index in [1.165, 1.54) is 29.5 Å². The maximum Gasteiger partial charge on any atom is 0.272 e. The zero-order valence-electron chi connectivity index (χ0n) is 13.0. The van der Waals surface area contributed by atoms with Gasteiger partial charge in [-0.05, 0) is 25.1 Å². The van der Waals surface area contributed by atoms with Crippen LogP contribution < -0.4 is 5.32 Å². The fourth-order valence-corrected chi connectivity index (χ4v) is 3.23. The van der Waals surface area contributed by atoms with Gasteiger partial charge in [-0.2, -0.15) is 0 Å². The Kier molecular flexibility index (Phi) is 4.78. The molecule has 0 saturated heterocycles. The molecule has 0 bridgehead atoms. The molecule has 0 aliphatic rings. The van der Waals surface area contributed by atoms with E-state index in [4.69, 9.17) is 11.6 Å². The van der Waals surface area contributed by atoms with Gasteiger partial charge in [-0.1, -0.05) is 29.8 Å². The smallest absolute Gasteiger partial charge is 0.272 e. The van der Waals surface area contributed by atoms with Gasteiger partial charge in [0.15, 0.2) is 5.13 Å². The van der Waals surface area contributed by atoms with Crippen LogP contribution in [0.3, 0.4) is 0 Å². The number of rotatable bonds is 4. The predicted molar refractivity (Wildman–Crippen MR) is 98.3 cm³/mol. The number of amides is 1. The second-order valence-electron chi connectivity index (χ2n) is 5.23. The third-order valence-corrected chi connectivity index (χ3v) is 4.62. The summed E-state index contributed by atoms with van der Waals surface area (Å²) >= 11 is 7.43. The molecule has 1 amide bonds. The molecule has 1 N–H and O–H groups in total. The van der Waals surface area contributed by atoms with Gasteiger partial charge in [0.1, 0.15) is 0 Å². The highest BCUT2D eigenvalue weighted by Gasteiger charge is 2.15. The number of hydrogen-bond donors (Lipinski definition) is 1. The van der Waals surface area contributed by atoms with Crippen LogP contribution in [-0.4, -0.2) is 15.8 Å². The Morgan fingerprint density at radius 3 is 2.72 bits per heavy atom. The van der Waals surface area contributed by atoms with Crippen LogP contribution in [0.15, 0.2) is 47.8 Å². The fourth-order valence-electron chi connectivity index (χ4n) is 2.29. The van der Waals surface area contributed by atoms with E-state index in [1.807, 2.05) is 18.2 Å². The molecule has 2 aromatic carbocycles. The number of carbonyl (C=O) groups excluding carboxylic acids is 1. The molecule has 0 aliphatic carbocycles. The number of nitrogens with one attached hydrogen (secondary N) is 1. The van der Waals surface area contributed by atoms with Gasteiger partial charge in [-0.15, -0.1) is 11.3 Å². The molecule has 1 aromatic heterocycles. The third-order valence-electron chi connectivity index (χ3n) is 3.53. The summed E-state index contributed by atoms with van der Waals surface area (Å²) in [6, 6.07) is 11.5. The highest BCUT2D eigenvalue weighted by molar-refractivity contribution is 7.14. The van der Waals surface area contributed by atoms with Crippen molar-refractivity contribution in [2.75, 3.05) is 5.32 Å². The number of nitrogens with zero attached hydrogens (tertiary/aromatic N) is 2. The van der Waals surface area contributed by atoms with Crippen LogP contribution in [0.5, 0.6) is 0 Å². The number of anilines is 1. The van der Waals surface area contributed by atoms with Gasteiger partial charge in [-0.3, -0.25) is 20.2 Å². The number of nitro groups is 1. The van der Waals surface area contributed by atoms with E-state index in [-0.39, 0.29) is 11.6 Å². The first kappa shape index (κ1) is 17.1. The van der Waals surface area contributed by atoms with Gasteiger partial charge in [0.25, 0.3) is 11.6 Å². The normalized spacial score (nSPS) is 10.5. The van der Waals surface area contributed by atoms with E-state index in [0.29, 0.717) is 27.0 Å². The summed E-state index contributed by atoms with van der Waals surface area (Å²) in [6.45, 7) is 1.59. The molecule has 0 radical (unpaired) electrons. The number of halogens is 1. The van der Waals surface area contributed by atoms with Crippen LogP contribution in [0.4, 0.5) is 10.8 Å². The Morgan fingerprint density at radius 1 is 1.28 bits per heavy atom. The number of nitro benzene ring substituents is 1. The molecule has 126 valence electrons. The quantitative estimate of drug-likeness (QED) is 0.518. The lowest BCUT2D eigenvalue weighted by atomic mass is 10.1. The summed E-state index contributed by atoms with van der Waals surface area (Å²) in [5.74, 6) is -0.377. The second kappa shape index (κ2) is 7.00. The van der Waals surface area contributed by atoms with E-state index >= 15 is 0 Å². The average Bonchev–Trinajstić information content (AvgIpc) is 3.03. The first-order valence-corrected chi connectivity index (χ1v) is 8.48. The van der Waals surface area contributed by atoms with Crippen molar-refractivity contribution in [3.63, 3.8) is 0 Å². The van der Waals surface area contributed by atoms with Gasteiger partial charge in [0, 0.05) is 33.2 Å². The standard InChI is InChI=1S/C17H12ClN3O3S/c1-10-8-11(6-7-15(10)21(23)24)16(22)20-17-19-14(9-25-17)12-4-2-3-5-13(12)18/h2-9H,1H3,(H,19,20,22). The Morgan fingerprint density at radius 2 is 2.04 bits per heavy atom. The molecule has 0 aliphatic heterocycles. The second-order valence-corrected chi connectivity index (χ2v) is 6.50. The Hall–Kier alpha value is -2.77. The van der Waals surface area contributed by atoms with Crippen LogP contribution in [0, 0.1) is 17.0 Å². The molecule has 0 fully saturated rings. The van der Waals surface area contributed by atoms with Crippen molar-refractivity contribution in [2.45, 2.75) is 6.92 Å². The molecule has 0 atom stereocenters. The van der Waals surface area contributed by atoms with Crippen molar-refractivity contribution in [2.24, 2.45) is 0 Å². The van der Waals surface area contributed by atoms with E-state index < -0.39 is 4.92 Å². The van der Waals surface area contributed by atoms with E-state index in [2.05, 4.69) is 10.3 Å². The molecule has 8 heteroatoms. The van der Waals surface area contributed by atoms with Gasteiger partial charge in [0.2, 0.25) is 0 Å². The Labute approximate surface area is 152 Å². The number of hydrogen-bond acceptors (Lipinski definition) is 5. The van der Waals surface area contributed by atoms with Crippen LogP contribution in [0.2, 0.25) is 5.02 Å². The van der Waals surface area contributed by atoms with Crippen molar-refractivity contribution in [1.29, 1.82) is 0 Å². The van der Waals surface area contributed by atoms with Gasteiger partial charge < -0.3 is 0 Å². The number of thiazole rings is 1. The minimum Gasteiger partial charge on any atom is -0.298 e. The monoisotopic (exact) mass is 373 g/mol. The molecule has 3 rings (SSSR count). The molecular formula is C17H12ClN3O3S. The third kappa shape index (κ3) is 3.67. The minimum absolute atomic E-state index is 0.0215. The first-order valence-electron chi connectivity index (χ1n) is 7.22. The minimum atomic E-state index is -0.478. The summed E-state index contributed by atoms with van der Waals surface area (Å²) in [6.07, 6.45) is 0. The van der Waals surface area contributed by atoms with Crippen molar-refractivity contribution in [3.8, 4) is 11.3 Å². The lowest BCUT2D eigenvalue weighted by molar-refractivity contribution is -0.385. The molecule has 0 unspecified atom stereocenters. The van der Waals surface area contributed by atoms with Crippen molar-refractivity contribution in [3.05, 3.63) is 74.1 Å². The molecular weight excluding hydrogens is 362 g/mol. The highest BCUT2D eigenvalue weighted by Crippen LogP contribution is 2.30. The molecule has 0 spiro atoms. The zero-order chi connectivity index (χ0) is 18.0. The molecule has 0 saturated carbocycles. The van der Waals surface area contributed by atoms with Crippen LogP contribution >= 0.6 is 22.9 Å². The largest absolute Gasteiger partial charge is 0.298 e. The lowest BCUT2D eigenvalue weighted by Crippen LogP contribution is -2.12. The summed E-state index contributed by atoms with van der Waals surface area (Å²) in [4.78, 5) is 27.1. The number of carbonyl (C=O) groups is 1. The Bertz CT molecular complexity index is 971. The van der Waals surface area contributed by atoms with Gasteiger partial charge >= 0.3 is 0 Å². The highest BCUT2D eigenvalue weighted by atomic mass is 35.5. The zero-order valence-corrected chi connectivity index (χ0v) is 14.6. The summed E-state index contributed by atoms with van der Waals surface area (Å²) < 4.78 is 0. The van der Waals surface area contributed by atoms with Crippen molar-refractivity contribution < 1.29 is 9.72 Å². The van der Waals surface area contributed by atoms with Gasteiger partial charge in [-0.25, -0.2) is 4.98 Å². The molecule has 1 heterocycles. The van der Waals surface area contributed by atoms with E-state index in [0.717, 1.165) is 5.56 Å². The van der Waals surface area contributed by atoms with Crippen LogP contribution in [0.25, 0.3) is 11.3 Å². The van der Waals surface area contributed by atoms with Gasteiger partial charge in [0.05, 0.1) is 10.6 Å². The van der Waals surface area contributed by atoms with Crippen molar-refractivity contribution >= 4 is 39.7 Å². The van der Waals surface area contributed by atoms with Crippen LogP contribution in [-0.2, 0) is 0 Å². The first-order chi connectivity index (χ1) is 12.0. The van der Waals surface area contributed by atoms with E-state index in [9.17, 15) is 14.9 Å². The molecule has 3 aromatic rings. The lowest BCUT2D eigenvalue weighted by Gasteiger charge is -2.04. The van der Waals surface area contributed by atoms with Crippen molar-refractivity contribution in [1.82, 2.24) is 4.98 Å². The summed E-state index contributed by atoms with van der Waals surface area (Å²) in [7, 11) is 0. The maximum absolute atomic E-state index is 12.3. The topological polar surface area (TPSA) is 85.1 Å². The molecule has 6 nitrogen and oxygen atoms in total.